The first kappa shape index (κ1) is 21.3. The van der Waals surface area contributed by atoms with Gasteiger partial charge in [0.2, 0.25) is 11.4 Å². The number of hydrogen-bond donors (Lipinski definition) is 0. The lowest BCUT2D eigenvalue weighted by Crippen LogP contribution is -2.52. The maximum Gasteiger partial charge on any atom is 0.481 e. The van der Waals surface area contributed by atoms with Gasteiger partial charge in [-0.25, -0.2) is 13.6 Å². The van der Waals surface area contributed by atoms with E-state index in [0.29, 0.717) is 29.0 Å². The Morgan fingerprint density at radius 3 is 2.36 bits per heavy atom. The number of carbonyl (C=O) groups excluding carboxylic acids is 1. The summed E-state index contributed by atoms with van der Waals surface area (Å²) in [5.74, 6) is -0.636. The van der Waals surface area contributed by atoms with Gasteiger partial charge in [0.25, 0.3) is 5.79 Å². The first-order valence-corrected chi connectivity index (χ1v) is 12.7. The van der Waals surface area contributed by atoms with Crippen LogP contribution in [0.4, 0.5) is 0 Å². The molecule has 2 aromatic carbocycles. The van der Waals surface area contributed by atoms with Crippen molar-refractivity contribution in [2.24, 2.45) is 5.92 Å². The lowest BCUT2D eigenvalue weighted by molar-refractivity contribution is -0.209. The molecule has 0 N–H and O–H groups in total. The molecule has 0 radical (unpaired) electrons. The van der Waals surface area contributed by atoms with E-state index in [1.165, 1.54) is 19.8 Å². The van der Waals surface area contributed by atoms with Gasteiger partial charge in [-0.15, -0.1) is 0 Å². The Kier molecular flexibility index (Phi) is 4.77. The molecule has 4 fully saturated rings. The average molecular weight is 471 g/mol. The number of likely N-dealkylation sites (tertiary alicyclic amines) is 1. The number of rotatable bonds is 6. The Balaban J connectivity index is 1.25. The van der Waals surface area contributed by atoms with E-state index < -0.39 is 19.2 Å². The van der Waals surface area contributed by atoms with E-state index in [1.807, 2.05) is 6.07 Å². The van der Waals surface area contributed by atoms with E-state index >= 15 is 0 Å². The smallest absolute Gasteiger partial charge is 0.481 e. The molecule has 8 nitrogen and oxygen atoms in total. The number of hydrogen-bond acceptors (Lipinski definition) is 8. The fraction of sp³-hybridized carbons (Fsp3) is 0.458. The molecule has 1 atom stereocenters. The van der Waals surface area contributed by atoms with Gasteiger partial charge in [-0.3, -0.25) is 14.2 Å². The van der Waals surface area contributed by atoms with Crippen molar-refractivity contribution < 1.29 is 32.4 Å². The van der Waals surface area contributed by atoms with Crippen LogP contribution in [0.2, 0.25) is 0 Å². The second-order valence-electron chi connectivity index (χ2n) is 9.16. The molecule has 4 saturated heterocycles. The number of nitrogens with zero attached hydrogens (tertiary/aromatic N) is 1. The minimum Gasteiger partial charge on any atom is -0.493 e. The van der Waals surface area contributed by atoms with Crippen LogP contribution in [0.15, 0.2) is 42.5 Å². The number of phosphoric acid groups is 1. The lowest BCUT2D eigenvalue weighted by atomic mass is 9.79. The Morgan fingerprint density at radius 1 is 1.03 bits per heavy atom. The third-order valence-corrected chi connectivity index (χ3v) is 8.80. The number of benzene rings is 2. The topological polar surface area (TPSA) is 83.5 Å². The molecule has 7 rings (SSSR count). The van der Waals surface area contributed by atoms with Gasteiger partial charge in [-0.05, 0) is 56.0 Å². The number of piperidine rings is 1. The van der Waals surface area contributed by atoms with E-state index in [9.17, 15) is 9.36 Å². The highest BCUT2D eigenvalue weighted by atomic mass is 31.2. The fourth-order valence-corrected chi connectivity index (χ4v) is 7.55. The van der Waals surface area contributed by atoms with Crippen molar-refractivity contribution in [1.82, 2.24) is 4.90 Å². The second-order valence-corrected chi connectivity index (χ2v) is 10.6. The van der Waals surface area contributed by atoms with Crippen LogP contribution in [0.1, 0.15) is 40.7 Å². The summed E-state index contributed by atoms with van der Waals surface area (Å²) in [4.78, 5) is 16.1. The van der Waals surface area contributed by atoms with Crippen molar-refractivity contribution in [3.8, 4) is 11.5 Å². The number of ether oxygens (including phenoxy) is 2. The van der Waals surface area contributed by atoms with Crippen molar-refractivity contribution in [3.05, 3.63) is 59.2 Å². The van der Waals surface area contributed by atoms with Crippen LogP contribution in [0, 0.1) is 5.92 Å². The van der Waals surface area contributed by atoms with Crippen LogP contribution in [0.25, 0.3) is 0 Å². The zero-order valence-corrected chi connectivity index (χ0v) is 19.5. The van der Waals surface area contributed by atoms with Gasteiger partial charge < -0.3 is 9.47 Å². The van der Waals surface area contributed by atoms with Gasteiger partial charge in [0.1, 0.15) is 0 Å². The predicted octanol–water partition coefficient (Wildman–Crippen LogP) is 4.28. The molecule has 0 saturated carbocycles. The molecular formula is C24H26NO7P. The number of Topliss-reactive ketones (excluding diaryl/α,β-unsaturated/α-hetero) is 1. The molecule has 33 heavy (non-hydrogen) atoms. The maximum absolute atomic E-state index is 13.7. The first-order chi connectivity index (χ1) is 15.9. The number of ketones is 1. The summed E-state index contributed by atoms with van der Waals surface area (Å²) in [5.41, 5.74) is 0.752. The summed E-state index contributed by atoms with van der Waals surface area (Å²) in [7, 11) is -0.678. The van der Waals surface area contributed by atoms with E-state index in [1.54, 1.807) is 12.1 Å². The van der Waals surface area contributed by atoms with Crippen LogP contribution in [0.3, 0.4) is 0 Å². The van der Waals surface area contributed by atoms with Crippen LogP contribution in [-0.4, -0.2) is 43.6 Å². The molecule has 5 aliphatic rings. The Labute approximate surface area is 192 Å². The summed E-state index contributed by atoms with van der Waals surface area (Å²) in [6.45, 7) is 2.75. The number of carbonyl (C=O) groups is 1. The molecule has 4 aliphatic heterocycles. The average Bonchev–Trinajstić information content (AvgIpc) is 3.29. The maximum atomic E-state index is 13.7. The van der Waals surface area contributed by atoms with E-state index in [2.05, 4.69) is 29.2 Å². The third kappa shape index (κ3) is 2.98. The first-order valence-electron chi connectivity index (χ1n) is 11.2. The molecule has 0 amide bonds. The van der Waals surface area contributed by atoms with Gasteiger partial charge in [0, 0.05) is 17.7 Å². The SMILES string of the molecule is COc1cc2c(cc1OC)C13OP(=O)(OC1(CC1CCN(Cc4ccccc4)CC1)C2=O)O3. The van der Waals surface area contributed by atoms with E-state index in [-0.39, 0.29) is 11.7 Å². The molecular weight excluding hydrogens is 445 g/mol. The minimum atomic E-state index is -3.72. The quantitative estimate of drug-likeness (QED) is 0.578. The largest absolute Gasteiger partial charge is 0.493 e. The van der Waals surface area contributed by atoms with Crippen molar-refractivity contribution in [3.63, 3.8) is 0 Å². The molecule has 9 heteroatoms. The second kappa shape index (κ2) is 7.39. The van der Waals surface area contributed by atoms with E-state index in [4.69, 9.17) is 23.0 Å². The van der Waals surface area contributed by atoms with Crippen LogP contribution >= 0.6 is 7.82 Å². The molecule has 0 aromatic heterocycles. The highest BCUT2D eigenvalue weighted by Crippen LogP contribution is 2.84. The summed E-state index contributed by atoms with van der Waals surface area (Å²) >= 11 is 0. The minimum absolute atomic E-state index is 0.218. The van der Waals surface area contributed by atoms with Crippen LogP contribution in [0.5, 0.6) is 11.5 Å². The molecule has 1 aliphatic carbocycles. The lowest BCUT2D eigenvalue weighted by Gasteiger charge is -2.39. The van der Waals surface area contributed by atoms with E-state index in [0.717, 1.165) is 32.5 Å². The summed E-state index contributed by atoms with van der Waals surface area (Å²) in [5, 5.41) is 0. The van der Waals surface area contributed by atoms with Gasteiger partial charge >= 0.3 is 7.82 Å². The molecule has 2 bridgehead atoms. The number of fused-ring (bicyclic) bond motifs is 1. The van der Waals surface area contributed by atoms with Crippen LogP contribution in [-0.2, 0) is 30.5 Å². The monoisotopic (exact) mass is 471 g/mol. The summed E-state index contributed by atoms with van der Waals surface area (Å²) in [6, 6.07) is 13.7. The van der Waals surface area contributed by atoms with Crippen molar-refractivity contribution >= 4 is 13.6 Å². The molecule has 4 heterocycles. The Bertz CT molecular complexity index is 1150. The third-order valence-electron chi connectivity index (χ3n) is 7.30. The van der Waals surface area contributed by atoms with Gasteiger partial charge in [-0.2, -0.15) is 0 Å². The molecule has 2 aromatic rings. The molecule has 1 spiro atoms. The molecule has 1 unspecified atom stereocenters. The fourth-order valence-electron chi connectivity index (χ4n) is 5.68. The van der Waals surface area contributed by atoms with Gasteiger partial charge in [0.05, 0.1) is 14.2 Å². The Morgan fingerprint density at radius 2 is 1.70 bits per heavy atom. The van der Waals surface area contributed by atoms with Crippen LogP contribution < -0.4 is 9.47 Å². The highest BCUT2D eigenvalue weighted by Gasteiger charge is 2.85. The normalized spacial score (nSPS) is 32.8. The number of phosphoric ester groups is 1. The zero-order valence-electron chi connectivity index (χ0n) is 18.6. The molecule has 174 valence electrons. The predicted molar refractivity (Wildman–Crippen MR) is 118 cm³/mol. The summed E-state index contributed by atoms with van der Waals surface area (Å²) in [6.07, 6.45) is 2.22. The van der Waals surface area contributed by atoms with Gasteiger partial charge in [0.15, 0.2) is 11.5 Å². The van der Waals surface area contributed by atoms with Crippen molar-refractivity contribution in [1.29, 1.82) is 0 Å². The van der Waals surface area contributed by atoms with Crippen molar-refractivity contribution in [2.75, 3.05) is 27.3 Å². The van der Waals surface area contributed by atoms with Crippen molar-refractivity contribution in [2.45, 2.75) is 37.2 Å². The number of methoxy groups -OCH3 is 2. The zero-order chi connectivity index (χ0) is 22.8. The Hall–Kier alpha value is -2.22. The summed E-state index contributed by atoms with van der Waals surface area (Å²) < 4.78 is 40.9. The van der Waals surface area contributed by atoms with Gasteiger partial charge in [-0.1, -0.05) is 30.3 Å². The standard InChI is InChI=1S/C24H26NO7P/c1-28-20-12-18-19(13-21(20)29-2)24-23(22(18)26,30-33(27,31-24)32-24)14-16-8-10-25(11-9-16)15-17-6-4-3-5-7-17/h3-7,12-13,16H,8-11,14-15H2,1-2H3. The highest BCUT2D eigenvalue weighted by molar-refractivity contribution is 7.50.